The Bertz CT molecular complexity index is 641. The van der Waals surface area contributed by atoms with Crippen LogP contribution in [0.15, 0.2) is 29.2 Å². The standard InChI is InChI=1S/C16H24N2O4S/c1-12(2)17-16(19)13-5-4-10-18(11-13)23(20,21)15-8-6-14(22-3)7-9-15/h6-9,12-13H,4-5,10-11H2,1-3H3,(H,17,19)/t13-/m0/s1. The number of carbonyl (C=O) groups excluding carboxylic acids is 1. The van der Waals surface area contributed by atoms with Crippen molar-refractivity contribution < 1.29 is 17.9 Å². The molecule has 0 spiro atoms. The summed E-state index contributed by atoms with van der Waals surface area (Å²) < 4.78 is 31.9. The van der Waals surface area contributed by atoms with Gasteiger partial charge in [0.2, 0.25) is 15.9 Å². The summed E-state index contributed by atoms with van der Waals surface area (Å²) in [6.07, 6.45) is 1.40. The molecular weight excluding hydrogens is 316 g/mol. The van der Waals surface area contributed by atoms with E-state index < -0.39 is 10.0 Å². The molecule has 1 heterocycles. The zero-order valence-corrected chi connectivity index (χ0v) is 14.6. The van der Waals surface area contributed by atoms with Crippen LogP contribution >= 0.6 is 0 Å². The monoisotopic (exact) mass is 340 g/mol. The first-order valence-corrected chi connectivity index (χ1v) is 9.23. The van der Waals surface area contributed by atoms with Crippen LogP contribution in [0, 0.1) is 5.92 Å². The molecule has 0 radical (unpaired) electrons. The van der Waals surface area contributed by atoms with Crippen molar-refractivity contribution in [2.45, 2.75) is 37.6 Å². The molecule has 1 aliphatic rings. The van der Waals surface area contributed by atoms with Gasteiger partial charge in [-0.05, 0) is 51.0 Å². The molecule has 1 aromatic rings. The SMILES string of the molecule is COc1ccc(S(=O)(=O)N2CCC[C@H](C(=O)NC(C)C)C2)cc1. The maximum absolute atomic E-state index is 12.7. The summed E-state index contributed by atoms with van der Waals surface area (Å²) >= 11 is 0. The summed E-state index contributed by atoms with van der Waals surface area (Å²) in [4.78, 5) is 12.4. The second-order valence-electron chi connectivity index (χ2n) is 6.04. The van der Waals surface area contributed by atoms with Crippen LogP contribution < -0.4 is 10.1 Å². The molecule has 6 nitrogen and oxygen atoms in total. The fourth-order valence-corrected chi connectivity index (χ4v) is 4.20. The lowest BCUT2D eigenvalue weighted by Gasteiger charge is -2.31. The Morgan fingerprint density at radius 1 is 1.30 bits per heavy atom. The van der Waals surface area contributed by atoms with Gasteiger partial charge in [-0.25, -0.2) is 8.42 Å². The number of amides is 1. The Kier molecular flexibility index (Phi) is 5.64. The topological polar surface area (TPSA) is 75.7 Å². The van der Waals surface area contributed by atoms with Crippen LogP contribution in [0.1, 0.15) is 26.7 Å². The Morgan fingerprint density at radius 3 is 2.52 bits per heavy atom. The normalized spacial score (nSPS) is 19.6. The van der Waals surface area contributed by atoms with E-state index in [0.29, 0.717) is 25.1 Å². The number of carbonyl (C=O) groups is 1. The highest BCUT2D eigenvalue weighted by Gasteiger charge is 2.33. The number of sulfonamides is 1. The highest BCUT2D eigenvalue weighted by Crippen LogP contribution is 2.25. The quantitative estimate of drug-likeness (QED) is 0.884. The molecule has 1 N–H and O–H groups in total. The number of methoxy groups -OCH3 is 1. The number of hydrogen-bond acceptors (Lipinski definition) is 4. The van der Waals surface area contributed by atoms with E-state index in [-0.39, 0.29) is 29.3 Å². The van der Waals surface area contributed by atoms with E-state index in [9.17, 15) is 13.2 Å². The molecule has 1 amide bonds. The van der Waals surface area contributed by atoms with Crippen molar-refractivity contribution in [1.29, 1.82) is 0 Å². The first-order valence-electron chi connectivity index (χ1n) is 7.79. The third-order valence-electron chi connectivity index (χ3n) is 3.88. The Balaban J connectivity index is 2.14. The number of nitrogens with zero attached hydrogens (tertiary/aromatic N) is 1. The highest BCUT2D eigenvalue weighted by atomic mass is 32.2. The average molecular weight is 340 g/mol. The molecule has 1 aromatic carbocycles. The maximum atomic E-state index is 12.7. The summed E-state index contributed by atoms with van der Waals surface area (Å²) in [5.74, 6) is 0.241. The van der Waals surface area contributed by atoms with Crippen LogP contribution in [0.3, 0.4) is 0 Å². The van der Waals surface area contributed by atoms with Crippen molar-refractivity contribution in [3.8, 4) is 5.75 Å². The minimum absolute atomic E-state index is 0.0519. The maximum Gasteiger partial charge on any atom is 0.243 e. The fourth-order valence-electron chi connectivity index (χ4n) is 2.67. The van der Waals surface area contributed by atoms with Crippen LogP contribution in [0.4, 0.5) is 0 Å². The molecule has 0 saturated carbocycles. The number of ether oxygens (including phenoxy) is 1. The zero-order valence-electron chi connectivity index (χ0n) is 13.8. The van der Waals surface area contributed by atoms with Crippen molar-refractivity contribution in [2.75, 3.05) is 20.2 Å². The molecule has 1 atom stereocenters. The van der Waals surface area contributed by atoms with Gasteiger partial charge in [0.25, 0.3) is 0 Å². The number of benzene rings is 1. The van der Waals surface area contributed by atoms with Crippen LogP contribution in [0.25, 0.3) is 0 Å². The smallest absolute Gasteiger partial charge is 0.243 e. The molecule has 1 saturated heterocycles. The van der Waals surface area contributed by atoms with Gasteiger partial charge < -0.3 is 10.1 Å². The van der Waals surface area contributed by atoms with E-state index >= 15 is 0 Å². The summed E-state index contributed by atoms with van der Waals surface area (Å²) in [6.45, 7) is 4.46. The minimum atomic E-state index is -3.58. The van der Waals surface area contributed by atoms with E-state index in [4.69, 9.17) is 4.74 Å². The van der Waals surface area contributed by atoms with Crippen molar-refractivity contribution in [3.05, 3.63) is 24.3 Å². The lowest BCUT2D eigenvalue weighted by atomic mass is 9.98. The summed E-state index contributed by atoms with van der Waals surface area (Å²) in [7, 11) is -2.05. The van der Waals surface area contributed by atoms with E-state index in [1.165, 1.54) is 23.5 Å². The molecule has 1 fully saturated rings. The molecule has 0 aliphatic carbocycles. The van der Waals surface area contributed by atoms with Crippen molar-refractivity contribution in [1.82, 2.24) is 9.62 Å². The average Bonchev–Trinajstić information content (AvgIpc) is 2.54. The molecule has 2 rings (SSSR count). The Labute approximate surface area is 137 Å². The second-order valence-corrected chi connectivity index (χ2v) is 7.98. The van der Waals surface area contributed by atoms with Gasteiger partial charge in [0.1, 0.15) is 5.75 Å². The molecular formula is C16H24N2O4S. The summed E-state index contributed by atoms with van der Waals surface area (Å²) in [5.41, 5.74) is 0. The third-order valence-corrected chi connectivity index (χ3v) is 5.76. The number of rotatable bonds is 5. The second kappa shape index (κ2) is 7.31. The van der Waals surface area contributed by atoms with Gasteiger partial charge in [0, 0.05) is 19.1 Å². The first kappa shape index (κ1) is 17.7. The van der Waals surface area contributed by atoms with Crippen molar-refractivity contribution >= 4 is 15.9 Å². The van der Waals surface area contributed by atoms with Crippen LogP contribution in [-0.4, -0.2) is 44.9 Å². The molecule has 128 valence electrons. The lowest BCUT2D eigenvalue weighted by Crippen LogP contribution is -2.46. The molecule has 0 unspecified atom stereocenters. The number of nitrogens with one attached hydrogen (secondary N) is 1. The number of hydrogen-bond donors (Lipinski definition) is 1. The van der Waals surface area contributed by atoms with Crippen LogP contribution in [0.5, 0.6) is 5.75 Å². The molecule has 1 aliphatic heterocycles. The highest BCUT2D eigenvalue weighted by molar-refractivity contribution is 7.89. The van der Waals surface area contributed by atoms with Crippen LogP contribution in [-0.2, 0) is 14.8 Å². The molecule has 7 heteroatoms. The van der Waals surface area contributed by atoms with Gasteiger partial charge in [-0.15, -0.1) is 0 Å². The lowest BCUT2D eigenvalue weighted by molar-refractivity contribution is -0.126. The van der Waals surface area contributed by atoms with Crippen molar-refractivity contribution in [2.24, 2.45) is 5.92 Å². The molecule has 0 aromatic heterocycles. The Hall–Kier alpha value is -1.60. The van der Waals surface area contributed by atoms with Gasteiger partial charge in [0.15, 0.2) is 0 Å². The van der Waals surface area contributed by atoms with Crippen LogP contribution in [0.2, 0.25) is 0 Å². The minimum Gasteiger partial charge on any atom is -0.497 e. The summed E-state index contributed by atoms with van der Waals surface area (Å²) in [6, 6.07) is 6.37. The third kappa shape index (κ3) is 4.23. The number of piperidine rings is 1. The van der Waals surface area contributed by atoms with E-state index in [1.807, 2.05) is 13.8 Å². The Morgan fingerprint density at radius 2 is 1.96 bits per heavy atom. The van der Waals surface area contributed by atoms with E-state index in [1.54, 1.807) is 12.1 Å². The van der Waals surface area contributed by atoms with Gasteiger partial charge in [-0.1, -0.05) is 0 Å². The fraction of sp³-hybridized carbons (Fsp3) is 0.562. The largest absolute Gasteiger partial charge is 0.497 e. The van der Waals surface area contributed by atoms with Gasteiger partial charge >= 0.3 is 0 Å². The van der Waals surface area contributed by atoms with E-state index in [0.717, 1.165) is 0 Å². The first-order chi connectivity index (χ1) is 10.8. The van der Waals surface area contributed by atoms with Gasteiger partial charge in [-0.3, -0.25) is 4.79 Å². The zero-order chi connectivity index (χ0) is 17.0. The van der Waals surface area contributed by atoms with Crippen molar-refractivity contribution in [3.63, 3.8) is 0 Å². The van der Waals surface area contributed by atoms with E-state index in [2.05, 4.69) is 5.32 Å². The molecule has 0 bridgehead atoms. The summed E-state index contributed by atoms with van der Waals surface area (Å²) in [5, 5.41) is 2.86. The molecule has 23 heavy (non-hydrogen) atoms. The predicted octanol–water partition coefficient (Wildman–Crippen LogP) is 1.62. The van der Waals surface area contributed by atoms with Gasteiger partial charge in [0.05, 0.1) is 17.9 Å². The van der Waals surface area contributed by atoms with Gasteiger partial charge in [-0.2, -0.15) is 4.31 Å². The predicted molar refractivity (Wildman–Crippen MR) is 87.8 cm³/mol.